The number of ether oxygens (including phenoxy) is 1. The molecule has 1 aliphatic heterocycles. The highest BCUT2D eigenvalue weighted by Crippen LogP contribution is 2.24. The van der Waals surface area contributed by atoms with Crippen molar-refractivity contribution in [3.05, 3.63) is 29.3 Å². The first-order valence-corrected chi connectivity index (χ1v) is 7.70. The molecule has 2 N–H and O–H groups in total. The van der Waals surface area contributed by atoms with Crippen LogP contribution >= 0.6 is 0 Å². The van der Waals surface area contributed by atoms with Crippen LogP contribution in [0.1, 0.15) is 49.5 Å². The lowest BCUT2D eigenvalue weighted by Gasteiger charge is -2.35. The molecule has 0 bridgehead atoms. The van der Waals surface area contributed by atoms with E-state index in [4.69, 9.17) is 4.74 Å². The third-order valence-corrected chi connectivity index (χ3v) is 3.89. The number of nitrogens with one attached hydrogen (secondary N) is 2. The lowest BCUT2D eigenvalue weighted by Crippen LogP contribution is -2.45. The molecule has 4 heteroatoms. The van der Waals surface area contributed by atoms with Crippen LogP contribution in [0.25, 0.3) is 0 Å². The maximum atomic E-state index is 12.4. The first-order chi connectivity index (χ1) is 9.91. The molecular formula is C17H26N2O2. The third kappa shape index (κ3) is 4.21. The van der Waals surface area contributed by atoms with E-state index in [-0.39, 0.29) is 17.6 Å². The van der Waals surface area contributed by atoms with Gasteiger partial charge in [0, 0.05) is 30.4 Å². The second-order valence-corrected chi connectivity index (χ2v) is 6.33. The Balaban J connectivity index is 2.01. The maximum absolute atomic E-state index is 12.4. The van der Waals surface area contributed by atoms with Gasteiger partial charge >= 0.3 is 0 Å². The molecule has 1 amide bonds. The van der Waals surface area contributed by atoms with Crippen LogP contribution in [-0.4, -0.2) is 30.7 Å². The first kappa shape index (κ1) is 15.8. The Kier molecular flexibility index (Phi) is 4.88. The number of carbonyl (C=O) groups excluding carboxylic acids is 1. The fourth-order valence-corrected chi connectivity index (χ4v) is 2.82. The van der Waals surface area contributed by atoms with Gasteiger partial charge in [-0.15, -0.1) is 0 Å². The quantitative estimate of drug-likeness (QED) is 0.896. The zero-order chi connectivity index (χ0) is 15.5. The van der Waals surface area contributed by atoms with E-state index in [2.05, 4.69) is 31.4 Å². The summed E-state index contributed by atoms with van der Waals surface area (Å²) in [6, 6.07) is 5.99. The molecule has 0 radical (unpaired) electrons. The predicted octanol–water partition coefficient (Wildman–Crippen LogP) is 3.11. The molecule has 0 aliphatic carbocycles. The van der Waals surface area contributed by atoms with Crippen molar-refractivity contribution in [1.82, 2.24) is 5.32 Å². The van der Waals surface area contributed by atoms with Gasteiger partial charge in [0.2, 0.25) is 0 Å². The van der Waals surface area contributed by atoms with E-state index in [9.17, 15) is 4.79 Å². The van der Waals surface area contributed by atoms with Crippen molar-refractivity contribution in [2.24, 2.45) is 0 Å². The molecule has 2 rings (SSSR count). The van der Waals surface area contributed by atoms with Crippen LogP contribution < -0.4 is 10.6 Å². The summed E-state index contributed by atoms with van der Waals surface area (Å²) in [6.45, 7) is 9.81. The summed E-state index contributed by atoms with van der Waals surface area (Å²) < 4.78 is 5.68. The van der Waals surface area contributed by atoms with Crippen molar-refractivity contribution in [2.75, 3.05) is 18.5 Å². The number of hydrogen-bond donors (Lipinski definition) is 2. The van der Waals surface area contributed by atoms with Crippen LogP contribution in [0.4, 0.5) is 5.69 Å². The van der Waals surface area contributed by atoms with Crippen molar-refractivity contribution in [1.29, 1.82) is 0 Å². The summed E-state index contributed by atoms with van der Waals surface area (Å²) in [5.74, 6) is 0.00356. The standard InChI is InChI=1S/C17H26N2O2/c1-5-18-15-7-6-13(10-12(15)2)16(20)19-14-8-9-21-17(3,4)11-14/h6-7,10,14,18H,5,8-9,11H2,1-4H3,(H,19,20). The molecule has 0 saturated carbocycles. The summed E-state index contributed by atoms with van der Waals surface area (Å²) in [5.41, 5.74) is 2.75. The molecule has 1 saturated heterocycles. The van der Waals surface area contributed by atoms with E-state index in [1.165, 1.54) is 0 Å². The van der Waals surface area contributed by atoms with E-state index in [1.807, 2.05) is 25.1 Å². The van der Waals surface area contributed by atoms with Crippen molar-refractivity contribution in [2.45, 2.75) is 52.2 Å². The molecule has 0 aromatic heterocycles. The third-order valence-electron chi connectivity index (χ3n) is 3.89. The Hall–Kier alpha value is -1.55. The van der Waals surface area contributed by atoms with Crippen LogP contribution in [0.5, 0.6) is 0 Å². The van der Waals surface area contributed by atoms with Gasteiger partial charge in [0.15, 0.2) is 0 Å². The van der Waals surface area contributed by atoms with Gasteiger partial charge < -0.3 is 15.4 Å². The average Bonchev–Trinajstić information content (AvgIpc) is 2.40. The number of anilines is 1. The molecule has 4 nitrogen and oxygen atoms in total. The van der Waals surface area contributed by atoms with Crippen molar-refractivity contribution >= 4 is 11.6 Å². The topological polar surface area (TPSA) is 50.4 Å². The van der Waals surface area contributed by atoms with Gasteiger partial charge in [-0.3, -0.25) is 4.79 Å². The van der Waals surface area contributed by atoms with Crippen molar-refractivity contribution in [3.63, 3.8) is 0 Å². The first-order valence-electron chi connectivity index (χ1n) is 7.70. The van der Waals surface area contributed by atoms with Crippen LogP contribution in [0.2, 0.25) is 0 Å². The second-order valence-electron chi connectivity index (χ2n) is 6.33. The number of hydrogen-bond acceptors (Lipinski definition) is 3. The number of carbonyl (C=O) groups is 1. The minimum atomic E-state index is -0.152. The molecule has 116 valence electrons. The fraction of sp³-hybridized carbons (Fsp3) is 0.588. The number of amides is 1. The Labute approximate surface area is 127 Å². The van der Waals surface area contributed by atoms with Gasteiger partial charge in [0.1, 0.15) is 0 Å². The zero-order valence-electron chi connectivity index (χ0n) is 13.5. The molecule has 1 aromatic carbocycles. The highest BCUT2D eigenvalue weighted by Gasteiger charge is 2.29. The van der Waals surface area contributed by atoms with Gasteiger partial charge in [-0.1, -0.05) is 0 Å². The average molecular weight is 290 g/mol. The van der Waals surface area contributed by atoms with Gasteiger partial charge in [-0.2, -0.15) is 0 Å². The SMILES string of the molecule is CCNc1ccc(C(=O)NC2CCOC(C)(C)C2)cc1C. The fourth-order valence-electron chi connectivity index (χ4n) is 2.82. The Morgan fingerprint density at radius 3 is 2.81 bits per heavy atom. The summed E-state index contributed by atoms with van der Waals surface area (Å²) >= 11 is 0. The molecule has 1 unspecified atom stereocenters. The van der Waals surface area contributed by atoms with Crippen molar-refractivity contribution in [3.8, 4) is 0 Å². The van der Waals surface area contributed by atoms with Crippen LogP contribution in [-0.2, 0) is 4.74 Å². The van der Waals surface area contributed by atoms with E-state index in [1.54, 1.807) is 0 Å². The molecule has 1 heterocycles. The predicted molar refractivity (Wildman–Crippen MR) is 85.9 cm³/mol. The largest absolute Gasteiger partial charge is 0.385 e. The van der Waals surface area contributed by atoms with E-state index in [0.717, 1.165) is 36.2 Å². The van der Waals surface area contributed by atoms with Gasteiger partial charge in [-0.25, -0.2) is 0 Å². The molecular weight excluding hydrogens is 264 g/mol. The van der Waals surface area contributed by atoms with Crippen molar-refractivity contribution < 1.29 is 9.53 Å². The lowest BCUT2D eigenvalue weighted by atomic mass is 9.93. The molecule has 1 aromatic rings. The Bertz CT molecular complexity index is 512. The van der Waals surface area contributed by atoms with Gasteiger partial charge in [0.25, 0.3) is 5.91 Å². The van der Waals surface area contributed by atoms with Gasteiger partial charge in [-0.05, 0) is 64.3 Å². The molecule has 1 fully saturated rings. The molecule has 0 spiro atoms. The Morgan fingerprint density at radius 1 is 1.43 bits per heavy atom. The Morgan fingerprint density at radius 2 is 2.19 bits per heavy atom. The highest BCUT2D eigenvalue weighted by molar-refractivity contribution is 5.95. The highest BCUT2D eigenvalue weighted by atomic mass is 16.5. The summed E-state index contributed by atoms with van der Waals surface area (Å²) in [6.07, 6.45) is 1.73. The second kappa shape index (κ2) is 6.48. The van der Waals surface area contributed by atoms with E-state index < -0.39 is 0 Å². The monoisotopic (exact) mass is 290 g/mol. The minimum Gasteiger partial charge on any atom is -0.385 e. The normalized spacial score (nSPS) is 20.9. The maximum Gasteiger partial charge on any atom is 0.251 e. The van der Waals surface area contributed by atoms with Crippen LogP contribution in [0, 0.1) is 6.92 Å². The van der Waals surface area contributed by atoms with Gasteiger partial charge in [0.05, 0.1) is 5.60 Å². The molecule has 1 aliphatic rings. The smallest absolute Gasteiger partial charge is 0.251 e. The summed E-state index contributed by atoms with van der Waals surface area (Å²) in [4.78, 5) is 12.4. The zero-order valence-corrected chi connectivity index (χ0v) is 13.5. The lowest BCUT2D eigenvalue weighted by molar-refractivity contribution is -0.0615. The van der Waals surface area contributed by atoms with Crippen LogP contribution in [0.15, 0.2) is 18.2 Å². The number of aryl methyl sites for hydroxylation is 1. The molecule has 1 atom stereocenters. The minimum absolute atomic E-state index is 0.00356. The van der Waals surface area contributed by atoms with Crippen LogP contribution in [0.3, 0.4) is 0 Å². The summed E-state index contributed by atoms with van der Waals surface area (Å²) in [5, 5.41) is 6.42. The number of rotatable bonds is 4. The summed E-state index contributed by atoms with van der Waals surface area (Å²) in [7, 11) is 0. The number of benzene rings is 1. The van der Waals surface area contributed by atoms with E-state index in [0.29, 0.717) is 6.61 Å². The van der Waals surface area contributed by atoms with E-state index >= 15 is 0 Å². The molecule has 21 heavy (non-hydrogen) atoms.